The van der Waals surface area contributed by atoms with Gasteiger partial charge in [-0.25, -0.2) is 4.79 Å². The minimum absolute atomic E-state index is 0.0756. The summed E-state index contributed by atoms with van der Waals surface area (Å²) in [6, 6.07) is 15.4. The Labute approximate surface area is 142 Å². The van der Waals surface area contributed by atoms with Crippen molar-refractivity contribution in [1.29, 1.82) is 0 Å². The highest BCUT2D eigenvalue weighted by atomic mass is 16.2. The standard InChI is InChI=1S/C19H23N3O2/c1-13-6-4-8-15(10-13)18(16-9-5-7-14(2)11-16)22-17(23)12-21-19(24)20-3/h4-11,18H,12H2,1-3H3,(H,22,23)(H2,20,21,24). The molecule has 0 bridgehead atoms. The second-order valence-corrected chi connectivity index (χ2v) is 5.76. The van der Waals surface area contributed by atoms with E-state index in [2.05, 4.69) is 28.1 Å². The van der Waals surface area contributed by atoms with Crippen molar-refractivity contribution in [2.75, 3.05) is 13.6 Å². The molecule has 0 heterocycles. The number of urea groups is 1. The van der Waals surface area contributed by atoms with Crippen LogP contribution in [0.2, 0.25) is 0 Å². The zero-order valence-corrected chi connectivity index (χ0v) is 14.2. The van der Waals surface area contributed by atoms with Gasteiger partial charge in [0.15, 0.2) is 0 Å². The van der Waals surface area contributed by atoms with Gasteiger partial charge in [0.2, 0.25) is 5.91 Å². The van der Waals surface area contributed by atoms with E-state index in [1.807, 2.05) is 50.2 Å². The monoisotopic (exact) mass is 325 g/mol. The van der Waals surface area contributed by atoms with Gasteiger partial charge in [-0.3, -0.25) is 4.79 Å². The van der Waals surface area contributed by atoms with Crippen LogP contribution in [0.4, 0.5) is 4.79 Å². The van der Waals surface area contributed by atoms with Gasteiger partial charge in [0.05, 0.1) is 12.6 Å². The molecule has 0 fully saturated rings. The summed E-state index contributed by atoms with van der Waals surface area (Å²) in [5.74, 6) is -0.244. The van der Waals surface area contributed by atoms with E-state index >= 15 is 0 Å². The van der Waals surface area contributed by atoms with Gasteiger partial charge in [-0.15, -0.1) is 0 Å². The summed E-state index contributed by atoms with van der Waals surface area (Å²) in [4.78, 5) is 23.5. The average Bonchev–Trinajstić information content (AvgIpc) is 2.57. The van der Waals surface area contributed by atoms with Crippen LogP contribution in [-0.2, 0) is 4.79 Å². The van der Waals surface area contributed by atoms with Crippen molar-refractivity contribution in [3.63, 3.8) is 0 Å². The molecule has 0 spiro atoms. The molecule has 0 aromatic heterocycles. The van der Waals surface area contributed by atoms with Crippen LogP contribution in [-0.4, -0.2) is 25.5 Å². The highest BCUT2D eigenvalue weighted by Gasteiger charge is 2.17. The predicted molar refractivity (Wildman–Crippen MR) is 94.8 cm³/mol. The van der Waals surface area contributed by atoms with E-state index in [1.165, 1.54) is 7.05 Å². The maximum Gasteiger partial charge on any atom is 0.314 e. The summed E-state index contributed by atoms with van der Waals surface area (Å²) in [5.41, 5.74) is 4.27. The smallest absolute Gasteiger partial charge is 0.314 e. The molecule has 0 aliphatic heterocycles. The lowest BCUT2D eigenvalue weighted by Crippen LogP contribution is -2.42. The van der Waals surface area contributed by atoms with Crippen molar-refractivity contribution in [3.05, 3.63) is 70.8 Å². The van der Waals surface area contributed by atoms with Gasteiger partial charge in [-0.05, 0) is 25.0 Å². The first kappa shape index (κ1) is 17.5. The lowest BCUT2D eigenvalue weighted by Gasteiger charge is -2.21. The predicted octanol–water partition coefficient (Wildman–Crippen LogP) is 2.44. The zero-order valence-electron chi connectivity index (χ0n) is 14.2. The summed E-state index contributed by atoms with van der Waals surface area (Å²) in [7, 11) is 1.51. The Bertz CT molecular complexity index is 683. The summed E-state index contributed by atoms with van der Waals surface area (Å²) in [6.45, 7) is 3.96. The number of hydrogen-bond donors (Lipinski definition) is 3. The summed E-state index contributed by atoms with van der Waals surface area (Å²) in [5, 5.41) is 7.93. The second kappa shape index (κ2) is 8.15. The van der Waals surface area contributed by atoms with Crippen molar-refractivity contribution in [2.24, 2.45) is 0 Å². The first-order chi connectivity index (χ1) is 11.5. The van der Waals surface area contributed by atoms with Gasteiger partial charge in [0.1, 0.15) is 0 Å². The molecule has 126 valence electrons. The third-order valence-corrected chi connectivity index (χ3v) is 3.69. The minimum atomic E-state index is -0.382. The van der Waals surface area contributed by atoms with Crippen LogP contribution in [0.3, 0.4) is 0 Å². The van der Waals surface area contributed by atoms with Crippen molar-refractivity contribution < 1.29 is 9.59 Å². The van der Waals surface area contributed by atoms with E-state index in [-0.39, 0.29) is 24.5 Å². The minimum Gasteiger partial charge on any atom is -0.344 e. The zero-order chi connectivity index (χ0) is 17.5. The van der Waals surface area contributed by atoms with Crippen LogP contribution >= 0.6 is 0 Å². The van der Waals surface area contributed by atoms with Crippen molar-refractivity contribution in [2.45, 2.75) is 19.9 Å². The number of amides is 3. The topological polar surface area (TPSA) is 70.2 Å². The van der Waals surface area contributed by atoms with Crippen LogP contribution in [0.1, 0.15) is 28.3 Å². The number of carbonyl (C=O) groups excluding carboxylic acids is 2. The first-order valence-electron chi connectivity index (χ1n) is 7.87. The van der Waals surface area contributed by atoms with Crippen molar-refractivity contribution in [1.82, 2.24) is 16.0 Å². The van der Waals surface area contributed by atoms with Crippen LogP contribution in [0.5, 0.6) is 0 Å². The average molecular weight is 325 g/mol. The molecule has 3 N–H and O–H groups in total. The molecule has 0 radical (unpaired) electrons. The molecule has 24 heavy (non-hydrogen) atoms. The van der Waals surface area contributed by atoms with Gasteiger partial charge >= 0.3 is 6.03 Å². The van der Waals surface area contributed by atoms with E-state index in [9.17, 15) is 9.59 Å². The fraction of sp³-hybridized carbons (Fsp3) is 0.263. The second-order valence-electron chi connectivity index (χ2n) is 5.76. The molecule has 0 aliphatic carbocycles. The molecule has 2 aromatic carbocycles. The number of rotatable bonds is 5. The fourth-order valence-electron chi connectivity index (χ4n) is 2.52. The van der Waals surface area contributed by atoms with Gasteiger partial charge < -0.3 is 16.0 Å². The number of carbonyl (C=O) groups is 2. The highest BCUT2D eigenvalue weighted by Crippen LogP contribution is 2.23. The van der Waals surface area contributed by atoms with Gasteiger partial charge in [-0.2, -0.15) is 0 Å². The maximum absolute atomic E-state index is 12.2. The lowest BCUT2D eigenvalue weighted by atomic mass is 9.96. The molecular formula is C19H23N3O2. The number of aryl methyl sites for hydroxylation is 2. The number of hydrogen-bond acceptors (Lipinski definition) is 2. The molecular weight excluding hydrogens is 302 g/mol. The highest BCUT2D eigenvalue weighted by molar-refractivity contribution is 5.84. The Morgan fingerprint density at radius 1 is 0.958 bits per heavy atom. The summed E-state index contributed by atoms with van der Waals surface area (Å²) < 4.78 is 0. The normalized spacial score (nSPS) is 10.3. The molecule has 5 nitrogen and oxygen atoms in total. The molecule has 0 aliphatic rings. The van der Waals surface area contributed by atoms with Crippen LogP contribution in [0.25, 0.3) is 0 Å². The largest absolute Gasteiger partial charge is 0.344 e. The Morgan fingerprint density at radius 2 is 1.50 bits per heavy atom. The van der Waals surface area contributed by atoms with E-state index < -0.39 is 0 Å². The molecule has 2 aromatic rings. The van der Waals surface area contributed by atoms with Crippen LogP contribution in [0.15, 0.2) is 48.5 Å². The molecule has 5 heteroatoms. The van der Waals surface area contributed by atoms with Crippen molar-refractivity contribution in [3.8, 4) is 0 Å². The van der Waals surface area contributed by atoms with E-state index in [0.717, 1.165) is 22.3 Å². The van der Waals surface area contributed by atoms with Crippen LogP contribution < -0.4 is 16.0 Å². The maximum atomic E-state index is 12.2. The Morgan fingerprint density at radius 3 is 1.96 bits per heavy atom. The lowest BCUT2D eigenvalue weighted by molar-refractivity contribution is -0.120. The van der Waals surface area contributed by atoms with Gasteiger partial charge in [0.25, 0.3) is 0 Å². The molecule has 0 atom stereocenters. The first-order valence-corrected chi connectivity index (χ1v) is 7.87. The molecule has 0 saturated heterocycles. The Kier molecular flexibility index (Phi) is 5.95. The quantitative estimate of drug-likeness (QED) is 0.790. The third-order valence-electron chi connectivity index (χ3n) is 3.69. The summed E-state index contributed by atoms with van der Waals surface area (Å²) in [6.07, 6.45) is 0. The number of nitrogens with one attached hydrogen (secondary N) is 3. The van der Waals surface area contributed by atoms with Crippen molar-refractivity contribution >= 4 is 11.9 Å². The molecule has 2 rings (SSSR count). The molecule has 0 unspecified atom stereocenters. The third kappa shape index (κ3) is 4.84. The van der Waals surface area contributed by atoms with Gasteiger partial charge in [0, 0.05) is 7.05 Å². The number of benzene rings is 2. The molecule has 0 saturated carbocycles. The van der Waals surface area contributed by atoms with E-state index in [0.29, 0.717) is 0 Å². The van der Waals surface area contributed by atoms with Gasteiger partial charge in [-0.1, -0.05) is 59.7 Å². The van der Waals surface area contributed by atoms with Crippen LogP contribution in [0, 0.1) is 13.8 Å². The Hall–Kier alpha value is -2.82. The summed E-state index contributed by atoms with van der Waals surface area (Å²) >= 11 is 0. The Balaban J connectivity index is 2.23. The molecule has 3 amide bonds. The van der Waals surface area contributed by atoms with E-state index in [4.69, 9.17) is 0 Å². The SMILES string of the molecule is CNC(=O)NCC(=O)NC(c1cccc(C)c1)c1cccc(C)c1. The fourth-order valence-corrected chi connectivity index (χ4v) is 2.52. The van der Waals surface area contributed by atoms with E-state index in [1.54, 1.807) is 0 Å².